The van der Waals surface area contributed by atoms with Crippen molar-refractivity contribution in [1.82, 2.24) is 10.2 Å². The number of carbonyl (C=O) groups is 5. The van der Waals surface area contributed by atoms with Gasteiger partial charge in [0.25, 0.3) is 11.8 Å². The first-order valence-corrected chi connectivity index (χ1v) is 12.4. The standard InChI is InChI=1S/C25H33N3O10/c1-34-21(30)7-9-35-11-13-37-15-16-38-14-12-36-10-8-26-18-4-2-3-17-22(18)25(33)28(24(17)32)19-5-6-20(29)27-23(19)31/h2-4,19,26H,5-16H2,1H3,(H,27,29,31). The Morgan fingerprint density at radius 3 is 2.18 bits per heavy atom. The summed E-state index contributed by atoms with van der Waals surface area (Å²) in [5.74, 6) is -2.49. The van der Waals surface area contributed by atoms with Crippen LogP contribution in [0.5, 0.6) is 0 Å². The number of esters is 1. The van der Waals surface area contributed by atoms with Crippen molar-refractivity contribution < 1.29 is 47.7 Å². The number of ether oxygens (including phenoxy) is 5. The molecule has 3 rings (SSSR count). The van der Waals surface area contributed by atoms with Crippen LogP contribution in [0, 0.1) is 0 Å². The second kappa shape index (κ2) is 15.1. The molecule has 0 aliphatic carbocycles. The SMILES string of the molecule is COC(=O)CCOCCOCCOCCOCCNc1cccc2c1C(=O)N(C1CCC(=O)NC1=O)C2=O. The number of rotatable bonds is 17. The molecule has 1 atom stereocenters. The molecule has 208 valence electrons. The van der Waals surface area contributed by atoms with E-state index >= 15 is 0 Å². The van der Waals surface area contributed by atoms with Crippen LogP contribution in [0.25, 0.3) is 0 Å². The van der Waals surface area contributed by atoms with E-state index in [0.717, 1.165) is 4.90 Å². The fourth-order valence-electron chi connectivity index (χ4n) is 3.94. The first-order valence-electron chi connectivity index (χ1n) is 12.4. The number of nitrogens with zero attached hydrogens (tertiary/aromatic N) is 1. The van der Waals surface area contributed by atoms with Gasteiger partial charge in [-0.2, -0.15) is 0 Å². The molecule has 2 N–H and O–H groups in total. The van der Waals surface area contributed by atoms with Gasteiger partial charge in [0.2, 0.25) is 11.8 Å². The Morgan fingerprint density at radius 1 is 0.921 bits per heavy atom. The van der Waals surface area contributed by atoms with Crippen LogP contribution in [0.15, 0.2) is 18.2 Å². The number of nitrogens with one attached hydrogen (secondary N) is 2. The predicted molar refractivity (Wildman–Crippen MR) is 132 cm³/mol. The minimum absolute atomic E-state index is 0.0672. The second-order valence-electron chi connectivity index (χ2n) is 8.38. The topological polar surface area (TPSA) is 159 Å². The molecule has 0 aromatic heterocycles. The molecule has 13 heteroatoms. The van der Waals surface area contributed by atoms with Crippen LogP contribution in [0.1, 0.15) is 40.0 Å². The molecular formula is C25H33N3O10. The molecule has 2 aliphatic heterocycles. The van der Waals surface area contributed by atoms with E-state index in [2.05, 4.69) is 15.4 Å². The van der Waals surface area contributed by atoms with E-state index in [1.54, 1.807) is 18.2 Å². The normalized spacial score (nSPS) is 17.0. The van der Waals surface area contributed by atoms with E-state index in [1.807, 2.05) is 0 Å². The van der Waals surface area contributed by atoms with E-state index in [9.17, 15) is 24.0 Å². The summed E-state index contributed by atoms with van der Waals surface area (Å²) in [6, 6.07) is 3.88. The summed E-state index contributed by atoms with van der Waals surface area (Å²) < 4.78 is 26.1. The average molecular weight is 536 g/mol. The Balaban J connectivity index is 1.28. The van der Waals surface area contributed by atoms with Gasteiger partial charge in [0.05, 0.1) is 77.5 Å². The van der Waals surface area contributed by atoms with E-state index < -0.39 is 29.7 Å². The average Bonchev–Trinajstić information content (AvgIpc) is 3.16. The molecule has 1 aromatic rings. The highest BCUT2D eigenvalue weighted by atomic mass is 16.6. The summed E-state index contributed by atoms with van der Waals surface area (Å²) in [5.41, 5.74) is 0.898. The number of carbonyl (C=O) groups excluding carboxylic acids is 5. The van der Waals surface area contributed by atoms with Crippen LogP contribution in [0.3, 0.4) is 0 Å². The third kappa shape index (κ3) is 8.05. The third-order valence-electron chi connectivity index (χ3n) is 5.82. The molecule has 2 aliphatic rings. The molecule has 1 aromatic carbocycles. The Hall–Kier alpha value is -3.39. The third-order valence-corrected chi connectivity index (χ3v) is 5.82. The Kier molecular flexibility index (Phi) is 11.6. The highest BCUT2D eigenvalue weighted by molar-refractivity contribution is 6.25. The van der Waals surface area contributed by atoms with Crippen molar-refractivity contribution in [2.75, 3.05) is 71.8 Å². The maximum absolute atomic E-state index is 13.1. The van der Waals surface area contributed by atoms with Gasteiger partial charge >= 0.3 is 5.97 Å². The van der Waals surface area contributed by atoms with E-state index in [4.69, 9.17) is 18.9 Å². The number of amides is 4. The van der Waals surface area contributed by atoms with Gasteiger partial charge in [0.1, 0.15) is 6.04 Å². The molecule has 0 radical (unpaired) electrons. The van der Waals surface area contributed by atoms with Gasteiger partial charge in [-0.05, 0) is 18.6 Å². The van der Waals surface area contributed by atoms with Crippen LogP contribution in [0.4, 0.5) is 5.69 Å². The summed E-state index contributed by atoms with van der Waals surface area (Å²) >= 11 is 0. The maximum atomic E-state index is 13.1. The van der Waals surface area contributed by atoms with Crippen molar-refractivity contribution >= 4 is 35.3 Å². The summed E-state index contributed by atoms with van der Waals surface area (Å²) in [4.78, 5) is 61.4. The molecule has 2 heterocycles. The van der Waals surface area contributed by atoms with Crippen LogP contribution < -0.4 is 10.6 Å². The van der Waals surface area contributed by atoms with Crippen molar-refractivity contribution in [3.63, 3.8) is 0 Å². The van der Waals surface area contributed by atoms with E-state index in [0.29, 0.717) is 65.1 Å². The summed E-state index contributed by atoms with van der Waals surface area (Å²) in [6.07, 6.45) is 0.384. The van der Waals surface area contributed by atoms with Crippen molar-refractivity contribution in [3.05, 3.63) is 29.3 Å². The summed E-state index contributed by atoms with van der Waals surface area (Å²) in [6.45, 7) is 3.35. The zero-order chi connectivity index (χ0) is 27.3. The zero-order valence-electron chi connectivity index (χ0n) is 21.3. The minimum atomic E-state index is -1.01. The molecule has 1 unspecified atom stereocenters. The lowest BCUT2D eigenvalue weighted by Crippen LogP contribution is -2.54. The molecule has 0 saturated carbocycles. The first kappa shape index (κ1) is 29.2. The Bertz CT molecular complexity index is 1020. The molecule has 1 fully saturated rings. The van der Waals surface area contributed by atoms with Gasteiger partial charge in [0.15, 0.2) is 0 Å². The second-order valence-corrected chi connectivity index (χ2v) is 8.38. The number of imide groups is 2. The van der Waals surface area contributed by atoms with Gasteiger partial charge in [0, 0.05) is 18.7 Å². The van der Waals surface area contributed by atoms with Gasteiger partial charge in [-0.3, -0.25) is 34.2 Å². The van der Waals surface area contributed by atoms with Gasteiger partial charge < -0.3 is 29.0 Å². The molecule has 13 nitrogen and oxygen atoms in total. The highest BCUT2D eigenvalue weighted by Gasteiger charge is 2.45. The highest BCUT2D eigenvalue weighted by Crippen LogP contribution is 2.32. The van der Waals surface area contributed by atoms with Crippen LogP contribution >= 0.6 is 0 Å². The fourth-order valence-corrected chi connectivity index (χ4v) is 3.94. The smallest absolute Gasteiger partial charge is 0.307 e. The van der Waals surface area contributed by atoms with E-state index in [-0.39, 0.29) is 36.4 Å². The van der Waals surface area contributed by atoms with Crippen molar-refractivity contribution in [2.24, 2.45) is 0 Å². The molecule has 0 bridgehead atoms. The monoisotopic (exact) mass is 535 g/mol. The molecule has 0 spiro atoms. The van der Waals surface area contributed by atoms with Crippen molar-refractivity contribution in [3.8, 4) is 0 Å². The Morgan fingerprint density at radius 2 is 1.55 bits per heavy atom. The number of piperidine rings is 1. The first-order chi connectivity index (χ1) is 18.4. The lowest BCUT2D eigenvalue weighted by Gasteiger charge is -2.27. The molecule has 38 heavy (non-hydrogen) atoms. The number of benzene rings is 1. The van der Waals surface area contributed by atoms with Crippen molar-refractivity contribution in [1.29, 1.82) is 0 Å². The number of anilines is 1. The van der Waals surface area contributed by atoms with Gasteiger partial charge in [-0.15, -0.1) is 0 Å². The van der Waals surface area contributed by atoms with Gasteiger partial charge in [-0.25, -0.2) is 0 Å². The van der Waals surface area contributed by atoms with Crippen LogP contribution in [-0.2, 0) is 38.1 Å². The molecule has 1 saturated heterocycles. The van der Waals surface area contributed by atoms with Crippen LogP contribution in [-0.4, -0.2) is 107 Å². The fraction of sp³-hybridized carbons (Fsp3) is 0.560. The maximum Gasteiger partial charge on any atom is 0.307 e. The van der Waals surface area contributed by atoms with Crippen molar-refractivity contribution in [2.45, 2.75) is 25.3 Å². The summed E-state index contributed by atoms with van der Waals surface area (Å²) in [7, 11) is 1.33. The number of hydrogen-bond donors (Lipinski definition) is 2. The number of fused-ring (bicyclic) bond motifs is 1. The van der Waals surface area contributed by atoms with E-state index in [1.165, 1.54) is 7.11 Å². The molecule has 4 amide bonds. The van der Waals surface area contributed by atoms with Gasteiger partial charge in [-0.1, -0.05) is 6.07 Å². The quantitative estimate of drug-likeness (QED) is 0.159. The zero-order valence-corrected chi connectivity index (χ0v) is 21.3. The number of hydrogen-bond acceptors (Lipinski definition) is 11. The minimum Gasteiger partial charge on any atom is -0.469 e. The lowest BCUT2D eigenvalue weighted by atomic mass is 10.0. The predicted octanol–water partition coefficient (Wildman–Crippen LogP) is 0.129. The molecular weight excluding hydrogens is 502 g/mol. The summed E-state index contributed by atoms with van der Waals surface area (Å²) in [5, 5.41) is 5.29. The largest absolute Gasteiger partial charge is 0.469 e. The number of methoxy groups -OCH3 is 1. The van der Waals surface area contributed by atoms with Crippen LogP contribution in [0.2, 0.25) is 0 Å². The Labute approximate surface area is 220 Å². The lowest BCUT2D eigenvalue weighted by molar-refractivity contribution is -0.142.